The molecule has 0 fully saturated rings. The van der Waals surface area contributed by atoms with Gasteiger partial charge in [-0.3, -0.25) is 9.59 Å². The molecule has 0 radical (unpaired) electrons. The number of hydrogen-bond donors (Lipinski definition) is 3. The molecule has 0 rings (SSSR count). The molecule has 6 nitrogen and oxygen atoms in total. The molecule has 0 aromatic heterocycles. The third kappa shape index (κ3) is 29.9. The number of rotatable bonds is 33. The van der Waals surface area contributed by atoms with Crippen molar-refractivity contribution in [1.82, 2.24) is 10.6 Å². The normalized spacial score (nSPS) is 11.7. The van der Waals surface area contributed by atoms with Crippen molar-refractivity contribution in [3.05, 3.63) is 24.7 Å². The number of carbonyl (C=O) groups is 2. The lowest BCUT2D eigenvalue weighted by molar-refractivity contribution is -0.130. The van der Waals surface area contributed by atoms with Gasteiger partial charge in [0, 0.05) is 25.8 Å². The Morgan fingerprint density at radius 3 is 1.47 bits per heavy atom. The predicted molar refractivity (Wildman–Crippen MR) is 183 cm³/mol. The molecule has 6 heteroatoms. The van der Waals surface area contributed by atoms with Crippen LogP contribution in [0.15, 0.2) is 24.7 Å². The van der Waals surface area contributed by atoms with Crippen LogP contribution < -0.4 is 10.6 Å². The van der Waals surface area contributed by atoms with Crippen molar-refractivity contribution in [3.63, 3.8) is 0 Å². The second-order valence-electron chi connectivity index (χ2n) is 12.5. The predicted octanol–water partition coefficient (Wildman–Crippen LogP) is 10.4. The van der Waals surface area contributed by atoms with Crippen LogP contribution in [-0.2, 0) is 14.3 Å². The Labute approximate surface area is 266 Å². The average molecular weight is 607 g/mol. The third-order valence-corrected chi connectivity index (χ3v) is 8.14. The number of hydrogen-bond acceptors (Lipinski definition) is 4. The molecule has 0 aromatic rings. The Morgan fingerprint density at radius 2 is 1.02 bits per heavy atom. The van der Waals surface area contributed by atoms with Gasteiger partial charge in [0.15, 0.2) is 0 Å². The standard InChI is InChI=1S/C37H70N2O4/c1-5-7-9-11-13-15-17-19-21-23-25-27-31-38-37(42)35(39-36(41)30-29-33(3)40)32-43-34(4)28-26-24-22-20-18-16-14-12-10-8-6-2/h35,40H,3-32H2,1-2H3,(H,38,42)(H,39,41)/t35-/m0/s1. The molecule has 0 bridgehead atoms. The summed E-state index contributed by atoms with van der Waals surface area (Å²) >= 11 is 0. The largest absolute Gasteiger partial charge is 0.513 e. The lowest BCUT2D eigenvalue weighted by atomic mass is 10.1. The minimum Gasteiger partial charge on any atom is -0.513 e. The van der Waals surface area contributed by atoms with Crippen LogP contribution in [0.3, 0.4) is 0 Å². The first-order valence-electron chi connectivity index (χ1n) is 18.1. The van der Waals surface area contributed by atoms with Crippen LogP contribution in [-0.4, -0.2) is 36.1 Å². The van der Waals surface area contributed by atoms with Gasteiger partial charge in [0.25, 0.3) is 0 Å². The molecule has 2 amide bonds. The van der Waals surface area contributed by atoms with E-state index >= 15 is 0 Å². The van der Waals surface area contributed by atoms with Crippen molar-refractivity contribution in [2.24, 2.45) is 0 Å². The maximum absolute atomic E-state index is 12.9. The monoisotopic (exact) mass is 607 g/mol. The van der Waals surface area contributed by atoms with Crippen LogP contribution in [0.25, 0.3) is 0 Å². The van der Waals surface area contributed by atoms with Crippen molar-refractivity contribution < 1.29 is 19.4 Å². The van der Waals surface area contributed by atoms with E-state index in [1.807, 2.05) is 0 Å². The van der Waals surface area contributed by atoms with Gasteiger partial charge in [-0.15, -0.1) is 0 Å². The van der Waals surface area contributed by atoms with Crippen molar-refractivity contribution in [2.75, 3.05) is 13.2 Å². The summed E-state index contributed by atoms with van der Waals surface area (Å²) in [4.78, 5) is 25.2. The van der Waals surface area contributed by atoms with E-state index in [2.05, 4.69) is 37.6 Å². The maximum atomic E-state index is 12.9. The third-order valence-electron chi connectivity index (χ3n) is 8.14. The first-order chi connectivity index (χ1) is 20.9. The Balaban J connectivity index is 4.16. The second kappa shape index (κ2) is 31.4. The quantitative estimate of drug-likeness (QED) is 0.0512. The van der Waals surface area contributed by atoms with Gasteiger partial charge in [-0.05, 0) is 12.8 Å². The molecular weight excluding hydrogens is 536 g/mol. The number of allylic oxidation sites excluding steroid dienone is 2. The molecule has 0 aromatic carbocycles. The van der Waals surface area contributed by atoms with Gasteiger partial charge in [-0.2, -0.15) is 0 Å². The first kappa shape index (κ1) is 41.0. The summed E-state index contributed by atoms with van der Waals surface area (Å²) in [5, 5.41) is 15.1. The molecular formula is C37H70N2O4. The van der Waals surface area contributed by atoms with E-state index in [-0.39, 0.29) is 37.0 Å². The summed E-state index contributed by atoms with van der Waals surface area (Å²) in [5.74, 6) is 0.0782. The highest BCUT2D eigenvalue weighted by atomic mass is 16.5. The molecule has 0 saturated heterocycles. The van der Waals surface area contributed by atoms with Gasteiger partial charge in [-0.25, -0.2) is 0 Å². The highest BCUT2D eigenvalue weighted by molar-refractivity contribution is 5.87. The molecule has 0 unspecified atom stereocenters. The summed E-state index contributed by atoms with van der Waals surface area (Å²) in [6.07, 6.45) is 30.4. The number of aliphatic hydroxyl groups is 1. The lowest BCUT2D eigenvalue weighted by Crippen LogP contribution is -2.49. The van der Waals surface area contributed by atoms with Crippen molar-refractivity contribution in [3.8, 4) is 0 Å². The SMILES string of the molecule is C=C(O)CCC(=O)N[C@@H](COC(=C)CCCCCCCCCCCCC)C(=O)NCCCCCCCCCCCCCC. The minimum atomic E-state index is -0.786. The Kier molecular flexibility index (Phi) is 30.0. The van der Waals surface area contributed by atoms with Crippen LogP contribution in [0.2, 0.25) is 0 Å². The fourth-order valence-electron chi connectivity index (χ4n) is 5.27. The average Bonchev–Trinajstić information content (AvgIpc) is 2.99. The van der Waals surface area contributed by atoms with E-state index < -0.39 is 6.04 Å². The summed E-state index contributed by atoms with van der Waals surface area (Å²) in [6.45, 7) is 12.6. The fourth-order valence-corrected chi connectivity index (χ4v) is 5.27. The maximum Gasteiger partial charge on any atom is 0.246 e. The van der Waals surface area contributed by atoms with Gasteiger partial charge < -0.3 is 20.5 Å². The highest BCUT2D eigenvalue weighted by Crippen LogP contribution is 2.15. The van der Waals surface area contributed by atoms with E-state index in [0.29, 0.717) is 12.3 Å². The molecule has 0 aliphatic carbocycles. The Bertz CT molecular complexity index is 694. The van der Waals surface area contributed by atoms with Gasteiger partial charge in [-0.1, -0.05) is 162 Å². The number of amides is 2. The smallest absolute Gasteiger partial charge is 0.246 e. The zero-order valence-corrected chi connectivity index (χ0v) is 28.5. The van der Waals surface area contributed by atoms with Crippen LogP contribution in [0.5, 0.6) is 0 Å². The van der Waals surface area contributed by atoms with E-state index in [1.54, 1.807) is 0 Å². The number of nitrogens with one attached hydrogen (secondary N) is 2. The molecule has 0 aliphatic rings. The Hall–Kier alpha value is -1.98. The summed E-state index contributed by atoms with van der Waals surface area (Å²) in [6, 6.07) is -0.786. The van der Waals surface area contributed by atoms with E-state index in [9.17, 15) is 14.7 Å². The number of aliphatic hydroxyl groups excluding tert-OH is 1. The summed E-state index contributed by atoms with van der Waals surface area (Å²) < 4.78 is 5.83. The highest BCUT2D eigenvalue weighted by Gasteiger charge is 2.21. The Morgan fingerprint density at radius 1 is 0.605 bits per heavy atom. The second-order valence-corrected chi connectivity index (χ2v) is 12.5. The van der Waals surface area contributed by atoms with Crippen LogP contribution in [0.1, 0.15) is 181 Å². The van der Waals surface area contributed by atoms with E-state index in [0.717, 1.165) is 32.1 Å². The van der Waals surface area contributed by atoms with Crippen LogP contribution >= 0.6 is 0 Å². The van der Waals surface area contributed by atoms with Crippen LogP contribution in [0, 0.1) is 0 Å². The molecule has 0 heterocycles. The van der Waals surface area contributed by atoms with Gasteiger partial charge in [0.2, 0.25) is 11.8 Å². The molecule has 43 heavy (non-hydrogen) atoms. The van der Waals surface area contributed by atoms with Crippen molar-refractivity contribution in [2.45, 2.75) is 187 Å². The number of unbranched alkanes of at least 4 members (excludes halogenated alkanes) is 21. The van der Waals surface area contributed by atoms with Gasteiger partial charge in [0.1, 0.15) is 12.6 Å². The van der Waals surface area contributed by atoms with Crippen molar-refractivity contribution in [1.29, 1.82) is 0 Å². The summed E-state index contributed by atoms with van der Waals surface area (Å²) in [7, 11) is 0. The fraction of sp³-hybridized carbons (Fsp3) is 0.838. The minimum absolute atomic E-state index is 0.0419. The number of carbonyl (C=O) groups excluding carboxylic acids is 2. The molecule has 0 spiro atoms. The molecule has 0 aliphatic heterocycles. The lowest BCUT2D eigenvalue weighted by Gasteiger charge is -2.20. The van der Waals surface area contributed by atoms with E-state index in [4.69, 9.17) is 4.74 Å². The van der Waals surface area contributed by atoms with Gasteiger partial charge >= 0.3 is 0 Å². The van der Waals surface area contributed by atoms with Crippen LogP contribution in [0.4, 0.5) is 0 Å². The van der Waals surface area contributed by atoms with Gasteiger partial charge in [0.05, 0.1) is 11.5 Å². The number of ether oxygens (including phenoxy) is 1. The molecule has 1 atom stereocenters. The topological polar surface area (TPSA) is 87.7 Å². The molecule has 252 valence electrons. The molecule has 0 saturated carbocycles. The van der Waals surface area contributed by atoms with Crippen molar-refractivity contribution >= 4 is 11.8 Å². The first-order valence-corrected chi connectivity index (χ1v) is 18.1. The van der Waals surface area contributed by atoms with E-state index in [1.165, 1.54) is 122 Å². The zero-order valence-electron chi connectivity index (χ0n) is 28.5. The molecule has 3 N–H and O–H groups in total. The summed E-state index contributed by atoms with van der Waals surface area (Å²) in [5.41, 5.74) is 0. The zero-order chi connectivity index (χ0) is 31.8.